The molecule has 4 aromatic rings. The molecule has 0 amide bonds. The van der Waals surface area contributed by atoms with E-state index < -0.39 is 11.9 Å². The average molecular weight is 360 g/mol. The third-order valence-electron chi connectivity index (χ3n) is 3.55. The van der Waals surface area contributed by atoms with Crippen LogP contribution in [-0.2, 0) is 6.18 Å². The van der Waals surface area contributed by atoms with Gasteiger partial charge < -0.3 is 9.84 Å². The molecule has 4 heterocycles. The van der Waals surface area contributed by atoms with Gasteiger partial charge in [-0.15, -0.1) is 0 Å². The number of imidazole rings is 1. The number of halogens is 3. The molecule has 1 N–H and O–H groups in total. The number of anilines is 2. The number of nitrogens with one attached hydrogen (secondary N) is 1. The minimum Gasteiger partial charge on any atom is -0.338 e. The van der Waals surface area contributed by atoms with Gasteiger partial charge in [0.2, 0.25) is 5.88 Å². The molecule has 0 atom stereocenters. The van der Waals surface area contributed by atoms with E-state index in [1.165, 1.54) is 29.1 Å². The summed E-state index contributed by atoms with van der Waals surface area (Å²) in [6.07, 6.45) is -0.511. The standard InChI is InChI=1S/C16H11F3N6O/c1-9-6-13(26-24-9)22-11-8-20-7-10(21-11)14-15(16(17,18)19)23-12-4-2-3-5-25(12)14/h2-8H,1H3,(H,21,22). The molecule has 7 nitrogen and oxygen atoms in total. The van der Waals surface area contributed by atoms with Crippen molar-refractivity contribution in [3.05, 3.63) is 54.2 Å². The smallest absolute Gasteiger partial charge is 0.338 e. The van der Waals surface area contributed by atoms with Gasteiger partial charge in [0.15, 0.2) is 11.5 Å². The number of nitrogens with zero attached hydrogens (tertiary/aromatic N) is 5. The van der Waals surface area contributed by atoms with Gasteiger partial charge in [-0.2, -0.15) is 13.2 Å². The van der Waals surface area contributed by atoms with Crippen LogP contribution >= 0.6 is 0 Å². The highest BCUT2D eigenvalue weighted by atomic mass is 19.4. The molecule has 0 unspecified atom stereocenters. The molecule has 0 saturated heterocycles. The van der Waals surface area contributed by atoms with E-state index in [9.17, 15) is 13.2 Å². The van der Waals surface area contributed by atoms with Crippen molar-refractivity contribution in [2.45, 2.75) is 13.1 Å². The monoisotopic (exact) mass is 360 g/mol. The molecular weight excluding hydrogens is 349 g/mol. The van der Waals surface area contributed by atoms with Gasteiger partial charge in [0.05, 0.1) is 18.1 Å². The first-order chi connectivity index (χ1) is 12.4. The Kier molecular flexibility index (Phi) is 3.60. The van der Waals surface area contributed by atoms with Crippen LogP contribution in [0.3, 0.4) is 0 Å². The molecule has 0 spiro atoms. The van der Waals surface area contributed by atoms with Gasteiger partial charge in [-0.1, -0.05) is 11.2 Å². The predicted molar refractivity (Wildman–Crippen MR) is 85.7 cm³/mol. The van der Waals surface area contributed by atoms with E-state index in [0.717, 1.165) is 0 Å². The van der Waals surface area contributed by atoms with Crippen molar-refractivity contribution >= 4 is 17.3 Å². The third kappa shape index (κ3) is 2.85. The molecule has 26 heavy (non-hydrogen) atoms. The summed E-state index contributed by atoms with van der Waals surface area (Å²) < 4.78 is 46.7. The lowest BCUT2D eigenvalue weighted by atomic mass is 10.2. The Hall–Kier alpha value is -3.43. The van der Waals surface area contributed by atoms with Crippen molar-refractivity contribution in [2.24, 2.45) is 0 Å². The van der Waals surface area contributed by atoms with Crippen molar-refractivity contribution in [1.82, 2.24) is 24.5 Å². The molecular formula is C16H11F3N6O. The fraction of sp³-hybridized carbons (Fsp3) is 0.125. The van der Waals surface area contributed by atoms with E-state index in [0.29, 0.717) is 11.6 Å². The highest BCUT2D eigenvalue weighted by Gasteiger charge is 2.38. The maximum absolute atomic E-state index is 13.5. The highest BCUT2D eigenvalue weighted by molar-refractivity contribution is 5.66. The van der Waals surface area contributed by atoms with E-state index >= 15 is 0 Å². The topological polar surface area (TPSA) is 81.1 Å². The van der Waals surface area contributed by atoms with E-state index in [1.54, 1.807) is 25.1 Å². The largest absolute Gasteiger partial charge is 0.435 e. The molecule has 0 saturated carbocycles. The number of pyridine rings is 1. The summed E-state index contributed by atoms with van der Waals surface area (Å²) in [4.78, 5) is 11.9. The summed E-state index contributed by atoms with van der Waals surface area (Å²) >= 11 is 0. The van der Waals surface area contributed by atoms with E-state index in [1.807, 2.05) is 0 Å². The predicted octanol–water partition coefficient (Wildman–Crippen LogP) is 3.85. The zero-order chi connectivity index (χ0) is 18.3. The lowest BCUT2D eigenvalue weighted by molar-refractivity contribution is -0.140. The summed E-state index contributed by atoms with van der Waals surface area (Å²) in [5.41, 5.74) is -0.362. The average Bonchev–Trinajstić information content (AvgIpc) is 3.18. The van der Waals surface area contributed by atoms with Gasteiger partial charge in [-0.25, -0.2) is 9.97 Å². The maximum Gasteiger partial charge on any atom is 0.435 e. The normalized spacial score (nSPS) is 11.8. The minimum absolute atomic E-state index is 0.0252. The van der Waals surface area contributed by atoms with Crippen LogP contribution in [0.25, 0.3) is 17.0 Å². The van der Waals surface area contributed by atoms with E-state index in [-0.39, 0.29) is 22.9 Å². The second-order valence-electron chi connectivity index (χ2n) is 5.48. The Morgan fingerprint density at radius 2 is 2.00 bits per heavy atom. The molecule has 0 aromatic carbocycles. The number of fused-ring (bicyclic) bond motifs is 1. The van der Waals surface area contributed by atoms with Crippen molar-refractivity contribution in [2.75, 3.05) is 5.32 Å². The number of hydrogen-bond acceptors (Lipinski definition) is 6. The molecule has 4 aromatic heterocycles. The van der Waals surface area contributed by atoms with Crippen LogP contribution in [0.1, 0.15) is 11.4 Å². The van der Waals surface area contributed by atoms with Gasteiger partial charge in [0.25, 0.3) is 0 Å². The Morgan fingerprint density at radius 1 is 1.15 bits per heavy atom. The van der Waals surface area contributed by atoms with E-state index in [2.05, 4.69) is 25.4 Å². The van der Waals surface area contributed by atoms with Crippen LogP contribution in [0.4, 0.5) is 24.9 Å². The zero-order valence-electron chi connectivity index (χ0n) is 13.3. The van der Waals surface area contributed by atoms with Gasteiger partial charge >= 0.3 is 6.18 Å². The van der Waals surface area contributed by atoms with Crippen LogP contribution < -0.4 is 5.32 Å². The zero-order valence-corrected chi connectivity index (χ0v) is 13.3. The Morgan fingerprint density at radius 3 is 2.73 bits per heavy atom. The number of aryl methyl sites for hydroxylation is 1. The lowest BCUT2D eigenvalue weighted by Gasteiger charge is -2.08. The summed E-state index contributed by atoms with van der Waals surface area (Å²) in [5.74, 6) is 0.529. The lowest BCUT2D eigenvalue weighted by Crippen LogP contribution is -2.08. The van der Waals surface area contributed by atoms with Crippen LogP contribution in [0.5, 0.6) is 0 Å². The summed E-state index contributed by atoms with van der Waals surface area (Å²) in [7, 11) is 0. The summed E-state index contributed by atoms with van der Waals surface area (Å²) in [6, 6.07) is 6.35. The second-order valence-corrected chi connectivity index (χ2v) is 5.48. The molecule has 4 rings (SSSR count). The first kappa shape index (κ1) is 16.1. The van der Waals surface area contributed by atoms with Crippen molar-refractivity contribution < 1.29 is 17.7 Å². The first-order valence-electron chi connectivity index (χ1n) is 7.49. The second kappa shape index (κ2) is 5.83. The quantitative estimate of drug-likeness (QED) is 0.598. The number of rotatable bonds is 3. The van der Waals surface area contributed by atoms with Crippen molar-refractivity contribution in [1.29, 1.82) is 0 Å². The Bertz CT molecular complexity index is 1080. The number of hydrogen-bond donors (Lipinski definition) is 1. The molecule has 0 aliphatic heterocycles. The van der Waals surface area contributed by atoms with Crippen LogP contribution in [0.15, 0.2) is 47.4 Å². The molecule has 132 valence electrons. The molecule has 0 aliphatic carbocycles. The molecule has 0 bridgehead atoms. The van der Waals surface area contributed by atoms with Crippen molar-refractivity contribution in [3.63, 3.8) is 0 Å². The molecule has 0 aliphatic rings. The van der Waals surface area contributed by atoms with Gasteiger partial charge in [0.1, 0.15) is 17.0 Å². The fourth-order valence-electron chi connectivity index (χ4n) is 2.53. The van der Waals surface area contributed by atoms with Crippen molar-refractivity contribution in [3.8, 4) is 11.4 Å². The van der Waals surface area contributed by atoms with Gasteiger partial charge in [-0.3, -0.25) is 9.38 Å². The highest BCUT2D eigenvalue weighted by Crippen LogP contribution is 2.36. The van der Waals surface area contributed by atoms with Gasteiger partial charge in [0, 0.05) is 12.3 Å². The SMILES string of the molecule is Cc1cc(Nc2cncc(-c3c(C(F)(F)F)nc4ccccn34)n2)on1. The molecule has 0 fully saturated rings. The Labute approximate surface area is 144 Å². The molecule has 10 heteroatoms. The number of alkyl halides is 3. The summed E-state index contributed by atoms with van der Waals surface area (Å²) in [5, 5.41) is 6.54. The van der Waals surface area contributed by atoms with Crippen LogP contribution in [0.2, 0.25) is 0 Å². The van der Waals surface area contributed by atoms with Crippen LogP contribution in [0, 0.1) is 6.92 Å². The Balaban J connectivity index is 1.84. The van der Waals surface area contributed by atoms with E-state index in [4.69, 9.17) is 4.52 Å². The molecule has 0 radical (unpaired) electrons. The van der Waals surface area contributed by atoms with Crippen LogP contribution in [-0.4, -0.2) is 24.5 Å². The maximum atomic E-state index is 13.5. The summed E-state index contributed by atoms with van der Waals surface area (Å²) in [6.45, 7) is 1.74. The fourth-order valence-corrected chi connectivity index (χ4v) is 2.53. The number of aromatic nitrogens is 5. The minimum atomic E-state index is -4.63. The van der Waals surface area contributed by atoms with Gasteiger partial charge in [-0.05, 0) is 19.1 Å². The first-order valence-corrected chi connectivity index (χ1v) is 7.49. The third-order valence-corrected chi connectivity index (χ3v) is 3.55.